The molecular weight excluding hydrogens is 328 g/mol. The summed E-state index contributed by atoms with van der Waals surface area (Å²) < 4.78 is 5.32. The van der Waals surface area contributed by atoms with Crippen molar-refractivity contribution in [2.75, 3.05) is 26.3 Å². The first-order valence-corrected chi connectivity index (χ1v) is 8.99. The predicted molar refractivity (Wildman–Crippen MR) is 99.5 cm³/mol. The number of amides is 2. The first-order valence-electron chi connectivity index (χ1n) is 8.99. The van der Waals surface area contributed by atoms with Gasteiger partial charge in [0.15, 0.2) is 0 Å². The number of ether oxygens (including phenoxy) is 1. The Hall–Kier alpha value is -2.66. The number of morpholine rings is 1. The number of rotatable bonds is 6. The van der Waals surface area contributed by atoms with E-state index in [0.29, 0.717) is 39.1 Å². The van der Waals surface area contributed by atoms with Crippen molar-refractivity contribution in [3.05, 3.63) is 71.8 Å². The van der Waals surface area contributed by atoms with Gasteiger partial charge >= 0.3 is 0 Å². The predicted octanol–water partition coefficient (Wildman–Crippen LogP) is 2.34. The lowest BCUT2D eigenvalue weighted by Gasteiger charge is -2.31. The van der Waals surface area contributed by atoms with E-state index >= 15 is 0 Å². The summed E-state index contributed by atoms with van der Waals surface area (Å²) in [5.74, 6) is -0.197. The quantitative estimate of drug-likeness (QED) is 0.868. The van der Waals surface area contributed by atoms with Crippen molar-refractivity contribution in [1.82, 2.24) is 10.2 Å². The molecule has 0 unspecified atom stereocenters. The van der Waals surface area contributed by atoms with Gasteiger partial charge in [-0.05, 0) is 17.5 Å². The summed E-state index contributed by atoms with van der Waals surface area (Å²) in [6, 6.07) is 18.6. The van der Waals surface area contributed by atoms with Crippen LogP contribution in [0.4, 0.5) is 0 Å². The van der Waals surface area contributed by atoms with E-state index in [1.54, 1.807) is 4.90 Å². The second-order valence-corrected chi connectivity index (χ2v) is 6.33. The van der Waals surface area contributed by atoms with Crippen molar-refractivity contribution in [2.24, 2.45) is 0 Å². The third kappa shape index (κ3) is 4.92. The minimum atomic E-state index is -0.655. The van der Waals surface area contributed by atoms with Gasteiger partial charge in [0.1, 0.15) is 6.04 Å². The van der Waals surface area contributed by atoms with E-state index in [1.807, 2.05) is 60.7 Å². The largest absolute Gasteiger partial charge is 0.378 e. The van der Waals surface area contributed by atoms with Crippen molar-refractivity contribution in [3.8, 4) is 0 Å². The van der Waals surface area contributed by atoms with Crippen LogP contribution in [0.25, 0.3) is 0 Å². The highest BCUT2D eigenvalue weighted by Crippen LogP contribution is 2.17. The van der Waals surface area contributed by atoms with E-state index in [2.05, 4.69) is 5.32 Å². The Bertz CT molecular complexity index is 713. The average Bonchev–Trinajstić information content (AvgIpc) is 2.72. The molecule has 1 aliphatic heterocycles. The third-order valence-electron chi connectivity index (χ3n) is 4.49. The van der Waals surface area contributed by atoms with Crippen molar-refractivity contribution in [3.63, 3.8) is 0 Å². The van der Waals surface area contributed by atoms with Gasteiger partial charge in [0.2, 0.25) is 11.8 Å². The lowest BCUT2D eigenvalue weighted by Crippen LogP contribution is -2.47. The summed E-state index contributed by atoms with van der Waals surface area (Å²) in [6.45, 7) is 2.19. The first-order chi connectivity index (χ1) is 12.7. The van der Waals surface area contributed by atoms with E-state index in [4.69, 9.17) is 4.74 Å². The molecule has 0 aromatic heterocycles. The summed E-state index contributed by atoms with van der Waals surface area (Å²) in [7, 11) is 0. The molecule has 1 fully saturated rings. The Morgan fingerprint density at radius 2 is 1.58 bits per heavy atom. The Balaban J connectivity index is 1.67. The van der Waals surface area contributed by atoms with E-state index in [1.165, 1.54) is 0 Å². The van der Waals surface area contributed by atoms with Crippen molar-refractivity contribution < 1.29 is 14.3 Å². The van der Waals surface area contributed by atoms with Gasteiger partial charge in [-0.2, -0.15) is 0 Å². The molecule has 3 rings (SSSR count). The molecule has 26 heavy (non-hydrogen) atoms. The molecule has 0 bridgehead atoms. The molecule has 5 heteroatoms. The maximum Gasteiger partial charge on any atom is 0.249 e. The molecular formula is C21H24N2O3. The topological polar surface area (TPSA) is 58.6 Å². The van der Waals surface area contributed by atoms with Crippen LogP contribution in [-0.2, 0) is 20.7 Å². The van der Waals surface area contributed by atoms with Gasteiger partial charge in [0.05, 0.1) is 13.2 Å². The molecule has 1 N–H and O–H groups in total. The van der Waals surface area contributed by atoms with Gasteiger partial charge < -0.3 is 15.0 Å². The zero-order chi connectivity index (χ0) is 18.2. The standard InChI is InChI=1S/C21H24N2O3/c24-19(12-11-17-7-3-1-4-8-17)22-20(18-9-5-2-6-10-18)21(25)23-13-15-26-16-14-23/h1-10,20H,11-16H2,(H,22,24)/t20-/m0/s1. The smallest absolute Gasteiger partial charge is 0.249 e. The monoisotopic (exact) mass is 352 g/mol. The maximum atomic E-state index is 13.0. The van der Waals surface area contributed by atoms with E-state index in [-0.39, 0.29) is 11.8 Å². The Labute approximate surface area is 154 Å². The zero-order valence-corrected chi connectivity index (χ0v) is 14.8. The molecule has 0 radical (unpaired) electrons. The van der Waals surface area contributed by atoms with Crippen molar-refractivity contribution in [1.29, 1.82) is 0 Å². The fraction of sp³-hybridized carbons (Fsp3) is 0.333. The summed E-state index contributed by atoms with van der Waals surface area (Å²) >= 11 is 0. The highest BCUT2D eigenvalue weighted by atomic mass is 16.5. The average molecular weight is 352 g/mol. The van der Waals surface area contributed by atoms with Crippen LogP contribution in [0.2, 0.25) is 0 Å². The van der Waals surface area contributed by atoms with Crippen LogP contribution in [0.5, 0.6) is 0 Å². The summed E-state index contributed by atoms with van der Waals surface area (Å²) in [6.07, 6.45) is 1.00. The van der Waals surface area contributed by atoms with Gasteiger partial charge in [-0.1, -0.05) is 60.7 Å². The van der Waals surface area contributed by atoms with E-state index in [0.717, 1.165) is 11.1 Å². The van der Waals surface area contributed by atoms with Gasteiger partial charge in [-0.3, -0.25) is 9.59 Å². The summed E-state index contributed by atoms with van der Waals surface area (Å²) in [5.41, 5.74) is 1.91. The Morgan fingerprint density at radius 1 is 0.962 bits per heavy atom. The van der Waals surface area contributed by atoms with Crippen LogP contribution in [0.1, 0.15) is 23.6 Å². The number of hydrogen-bond acceptors (Lipinski definition) is 3. The van der Waals surface area contributed by atoms with Gasteiger partial charge in [0, 0.05) is 19.5 Å². The van der Waals surface area contributed by atoms with Crippen molar-refractivity contribution >= 4 is 11.8 Å². The van der Waals surface area contributed by atoms with Crippen LogP contribution in [0, 0.1) is 0 Å². The number of benzene rings is 2. The summed E-state index contributed by atoms with van der Waals surface area (Å²) in [5, 5.41) is 2.93. The number of carbonyl (C=O) groups is 2. The van der Waals surface area contributed by atoms with E-state index < -0.39 is 6.04 Å². The third-order valence-corrected chi connectivity index (χ3v) is 4.49. The highest BCUT2D eigenvalue weighted by Gasteiger charge is 2.28. The normalized spacial score (nSPS) is 15.3. The highest BCUT2D eigenvalue weighted by molar-refractivity contribution is 5.88. The van der Waals surface area contributed by atoms with Gasteiger partial charge in [0.25, 0.3) is 0 Å². The molecule has 136 valence electrons. The van der Waals surface area contributed by atoms with Crippen LogP contribution in [-0.4, -0.2) is 43.0 Å². The van der Waals surface area contributed by atoms with Crippen molar-refractivity contribution in [2.45, 2.75) is 18.9 Å². The molecule has 1 saturated heterocycles. The van der Waals surface area contributed by atoms with Crippen LogP contribution in [0.15, 0.2) is 60.7 Å². The Morgan fingerprint density at radius 3 is 2.23 bits per heavy atom. The van der Waals surface area contributed by atoms with Gasteiger partial charge in [-0.25, -0.2) is 0 Å². The molecule has 2 amide bonds. The van der Waals surface area contributed by atoms with Crippen LogP contribution in [0.3, 0.4) is 0 Å². The molecule has 2 aromatic carbocycles. The molecule has 1 aliphatic rings. The molecule has 0 spiro atoms. The second kappa shape index (κ2) is 9.15. The molecule has 1 heterocycles. The first kappa shape index (κ1) is 18.1. The number of nitrogens with zero attached hydrogens (tertiary/aromatic N) is 1. The Kier molecular flexibility index (Phi) is 6.39. The number of nitrogens with one attached hydrogen (secondary N) is 1. The molecule has 5 nitrogen and oxygen atoms in total. The molecule has 2 aromatic rings. The number of aryl methyl sites for hydroxylation is 1. The van der Waals surface area contributed by atoms with Crippen LogP contribution < -0.4 is 5.32 Å². The zero-order valence-electron chi connectivity index (χ0n) is 14.8. The molecule has 1 atom stereocenters. The minimum Gasteiger partial charge on any atom is -0.378 e. The lowest BCUT2D eigenvalue weighted by molar-refractivity contribution is -0.140. The fourth-order valence-electron chi connectivity index (χ4n) is 3.04. The molecule has 0 saturated carbocycles. The lowest BCUT2D eigenvalue weighted by atomic mass is 10.0. The SMILES string of the molecule is O=C(CCc1ccccc1)N[C@H](C(=O)N1CCOCC1)c1ccccc1. The number of carbonyl (C=O) groups excluding carboxylic acids is 2. The fourth-order valence-corrected chi connectivity index (χ4v) is 3.04. The van der Waals surface area contributed by atoms with Gasteiger partial charge in [-0.15, -0.1) is 0 Å². The summed E-state index contributed by atoms with van der Waals surface area (Å²) in [4.78, 5) is 27.2. The van der Waals surface area contributed by atoms with Crippen LogP contribution >= 0.6 is 0 Å². The minimum absolute atomic E-state index is 0.0763. The number of hydrogen-bond donors (Lipinski definition) is 1. The maximum absolute atomic E-state index is 13.0. The molecule has 0 aliphatic carbocycles. The second-order valence-electron chi connectivity index (χ2n) is 6.33. The van der Waals surface area contributed by atoms with E-state index in [9.17, 15) is 9.59 Å².